The van der Waals surface area contributed by atoms with Crippen molar-refractivity contribution < 1.29 is 14.6 Å². The molecule has 2 N–H and O–H groups in total. The number of hydrogen-bond donors (Lipinski definition) is 2. The average molecular weight is 443 g/mol. The summed E-state index contributed by atoms with van der Waals surface area (Å²) in [5, 5.41) is 14.1. The molecule has 1 heterocycles. The molecule has 3 rings (SSSR count). The second-order valence-electron chi connectivity index (χ2n) is 9.37. The van der Waals surface area contributed by atoms with Gasteiger partial charge in [-0.1, -0.05) is 55.5 Å². The number of hydrogen-bond acceptors (Lipinski definition) is 5. The minimum atomic E-state index is -0.738. The Morgan fingerprint density at radius 1 is 1.19 bits per heavy atom. The molecule has 5 nitrogen and oxygen atoms in total. The third-order valence-corrected chi connectivity index (χ3v) is 6.29. The lowest BCUT2D eigenvalue weighted by Gasteiger charge is -2.30. The summed E-state index contributed by atoms with van der Waals surface area (Å²) in [6, 6.07) is 17.9. The minimum Gasteiger partial charge on any atom is -0.444 e. The number of aliphatic hydroxyl groups is 1. The van der Waals surface area contributed by atoms with Gasteiger partial charge >= 0.3 is 6.09 Å². The molecule has 0 aliphatic carbocycles. The van der Waals surface area contributed by atoms with Crippen molar-refractivity contribution >= 4 is 18.0 Å². The van der Waals surface area contributed by atoms with Crippen LogP contribution in [0.5, 0.6) is 0 Å². The fourth-order valence-electron chi connectivity index (χ4n) is 3.78. The van der Waals surface area contributed by atoms with Gasteiger partial charge in [0.2, 0.25) is 0 Å². The number of nitrogens with zero attached hydrogens (tertiary/aromatic N) is 1. The van der Waals surface area contributed by atoms with E-state index in [9.17, 15) is 9.90 Å². The van der Waals surface area contributed by atoms with Crippen molar-refractivity contribution in [1.29, 1.82) is 0 Å². The summed E-state index contributed by atoms with van der Waals surface area (Å²) in [6.45, 7) is 9.08. The molecule has 0 saturated carbocycles. The van der Waals surface area contributed by atoms with E-state index < -0.39 is 23.8 Å². The summed E-state index contributed by atoms with van der Waals surface area (Å²) in [4.78, 5) is 13.7. The van der Waals surface area contributed by atoms with Gasteiger partial charge in [-0.05, 0) is 68.7 Å². The van der Waals surface area contributed by atoms with Crippen molar-refractivity contribution in [3.8, 4) is 0 Å². The Morgan fingerprint density at radius 2 is 1.87 bits per heavy atom. The number of fused-ring (bicyclic) bond motifs is 1. The van der Waals surface area contributed by atoms with Crippen LogP contribution in [0.2, 0.25) is 0 Å². The number of benzene rings is 2. The second kappa shape index (κ2) is 10.5. The van der Waals surface area contributed by atoms with Crippen LogP contribution in [0.4, 0.5) is 4.79 Å². The van der Waals surface area contributed by atoms with Crippen molar-refractivity contribution in [2.24, 2.45) is 5.92 Å². The zero-order chi connectivity index (χ0) is 22.4. The van der Waals surface area contributed by atoms with E-state index in [0.717, 1.165) is 18.5 Å². The molecule has 3 atom stereocenters. The molecule has 0 fully saturated rings. The molecule has 1 aliphatic rings. The monoisotopic (exact) mass is 442 g/mol. The molecule has 31 heavy (non-hydrogen) atoms. The summed E-state index contributed by atoms with van der Waals surface area (Å²) in [5.41, 5.74) is 1.82. The van der Waals surface area contributed by atoms with Crippen molar-refractivity contribution in [3.05, 3.63) is 65.7 Å². The first-order valence-electron chi connectivity index (χ1n) is 10.9. The normalized spacial score (nSPS) is 19.1. The molecule has 2 aromatic carbocycles. The van der Waals surface area contributed by atoms with Crippen LogP contribution in [0.15, 0.2) is 59.5 Å². The Labute approximate surface area is 190 Å². The van der Waals surface area contributed by atoms with Crippen LogP contribution >= 0.6 is 11.9 Å². The predicted octanol–water partition coefficient (Wildman–Crippen LogP) is 4.68. The molecular weight excluding hydrogens is 408 g/mol. The SMILES string of the molecule is C[C@H]1Cc2ccccc2SN(C[C@@H](O)[C@H](Cc2ccccc2)NC(=O)OC(C)(C)C)C1. The first-order valence-corrected chi connectivity index (χ1v) is 11.7. The van der Waals surface area contributed by atoms with Crippen LogP contribution in [-0.2, 0) is 17.6 Å². The third-order valence-electron chi connectivity index (χ3n) is 5.14. The second-order valence-corrected chi connectivity index (χ2v) is 10.5. The number of β-amino-alcohol motifs (C(OH)–C–C–N with tert-alkyl or cyclic N) is 1. The van der Waals surface area contributed by atoms with E-state index in [4.69, 9.17) is 4.74 Å². The van der Waals surface area contributed by atoms with Gasteiger partial charge < -0.3 is 15.2 Å². The Kier molecular flexibility index (Phi) is 8.03. The van der Waals surface area contributed by atoms with E-state index in [1.54, 1.807) is 11.9 Å². The number of alkyl carbamates (subject to hydrolysis) is 1. The summed E-state index contributed by atoms with van der Waals surface area (Å²) in [6.07, 6.45) is 0.318. The van der Waals surface area contributed by atoms with Crippen LogP contribution in [0.3, 0.4) is 0 Å². The molecule has 0 spiro atoms. The molecule has 2 aromatic rings. The highest BCUT2D eigenvalue weighted by Gasteiger charge is 2.28. The predicted molar refractivity (Wildman–Crippen MR) is 126 cm³/mol. The van der Waals surface area contributed by atoms with Crippen LogP contribution < -0.4 is 5.32 Å². The topological polar surface area (TPSA) is 61.8 Å². The summed E-state index contributed by atoms with van der Waals surface area (Å²) >= 11 is 1.69. The van der Waals surface area contributed by atoms with Crippen molar-refractivity contribution in [2.45, 2.75) is 63.2 Å². The van der Waals surface area contributed by atoms with Gasteiger partial charge in [0, 0.05) is 18.0 Å². The van der Waals surface area contributed by atoms with E-state index in [1.807, 2.05) is 51.1 Å². The van der Waals surface area contributed by atoms with Gasteiger partial charge in [-0.15, -0.1) is 0 Å². The van der Waals surface area contributed by atoms with Crippen molar-refractivity contribution in [1.82, 2.24) is 9.62 Å². The van der Waals surface area contributed by atoms with E-state index in [2.05, 4.69) is 40.8 Å². The highest BCUT2D eigenvalue weighted by atomic mass is 32.2. The van der Waals surface area contributed by atoms with Crippen LogP contribution in [0.1, 0.15) is 38.8 Å². The number of amides is 1. The maximum Gasteiger partial charge on any atom is 0.407 e. The number of carbonyl (C=O) groups is 1. The van der Waals surface area contributed by atoms with Crippen LogP contribution in [0.25, 0.3) is 0 Å². The Balaban J connectivity index is 1.72. The molecule has 0 saturated heterocycles. The molecule has 0 radical (unpaired) electrons. The molecule has 1 aliphatic heterocycles. The van der Waals surface area contributed by atoms with Crippen molar-refractivity contribution in [3.63, 3.8) is 0 Å². The highest BCUT2D eigenvalue weighted by molar-refractivity contribution is 7.97. The Morgan fingerprint density at radius 3 is 2.58 bits per heavy atom. The lowest BCUT2D eigenvalue weighted by atomic mass is 10.00. The summed E-state index contributed by atoms with van der Waals surface area (Å²) in [7, 11) is 0. The maximum absolute atomic E-state index is 12.5. The van der Waals surface area contributed by atoms with Gasteiger partial charge in [-0.2, -0.15) is 0 Å². The summed E-state index contributed by atoms with van der Waals surface area (Å²) in [5.74, 6) is 0.481. The molecule has 0 aromatic heterocycles. The van der Waals surface area contributed by atoms with Gasteiger partial charge in [-0.3, -0.25) is 0 Å². The smallest absolute Gasteiger partial charge is 0.407 e. The maximum atomic E-state index is 12.5. The van der Waals surface area contributed by atoms with Gasteiger partial charge in [-0.25, -0.2) is 9.10 Å². The van der Waals surface area contributed by atoms with Gasteiger partial charge in [0.25, 0.3) is 0 Å². The Hall–Kier alpha value is -2.02. The van der Waals surface area contributed by atoms with Gasteiger partial charge in [0.1, 0.15) is 5.60 Å². The quantitative estimate of drug-likeness (QED) is 0.636. The number of aliphatic hydroxyl groups excluding tert-OH is 1. The molecule has 6 heteroatoms. The largest absolute Gasteiger partial charge is 0.444 e. The van der Waals surface area contributed by atoms with Crippen LogP contribution in [-0.4, -0.2) is 46.3 Å². The molecule has 0 unspecified atom stereocenters. The van der Waals surface area contributed by atoms with Crippen LogP contribution in [0, 0.1) is 5.92 Å². The standard InChI is InChI=1S/C25H34N2O3S/c1-18-14-20-12-8-9-13-23(20)31-27(16-18)17-22(28)21(15-19-10-6-5-7-11-19)26-24(29)30-25(2,3)4/h5-13,18,21-22,28H,14-17H2,1-4H3,(H,26,29)/t18-,21-,22+/m0/s1. The van der Waals surface area contributed by atoms with E-state index in [0.29, 0.717) is 18.9 Å². The number of nitrogens with one attached hydrogen (secondary N) is 1. The van der Waals surface area contributed by atoms with E-state index in [-0.39, 0.29) is 0 Å². The average Bonchev–Trinajstić information content (AvgIpc) is 2.84. The van der Waals surface area contributed by atoms with Gasteiger partial charge in [0.15, 0.2) is 0 Å². The zero-order valence-electron chi connectivity index (χ0n) is 18.9. The molecule has 168 valence electrons. The fraction of sp³-hybridized carbons (Fsp3) is 0.480. The van der Waals surface area contributed by atoms with Gasteiger partial charge in [0.05, 0.1) is 12.1 Å². The van der Waals surface area contributed by atoms with Crippen molar-refractivity contribution in [2.75, 3.05) is 13.1 Å². The third kappa shape index (κ3) is 7.56. The lowest BCUT2D eigenvalue weighted by Crippen LogP contribution is -2.50. The lowest BCUT2D eigenvalue weighted by molar-refractivity contribution is 0.0402. The highest BCUT2D eigenvalue weighted by Crippen LogP contribution is 2.32. The minimum absolute atomic E-state index is 0.452. The molecular formula is C25H34N2O3S. The molecule has 1 amide bonds. The number of carbonyl (C=O) groups excluding carboxylic acids is 1. The molecule has 0 bridgehead atoms. The van der Waals surface area contributed by atoms with E-state index >= 15 is 0 Å². The first-order chi connectivity index (χ1) is 14.7. The summed E-state index contributed by atoms with van der Waals surface area (Å²) < 4.78 is 7.67. The number of rotatable bonds is 6. The van der Waals surface area contributed by atoms with E-state index in [1.165, 1.54) is 10.5 Å². The number of ether oxygens (including phenoxy) is 1. The first kappa shape index (κ1) is 23.6. The fourth-order valence-corrected chi connectivity index (χ4v) is 5.03. The Bertz CT molecular complexity index is 853. The zero-order valence-corrected chi connectivity index (χ0v) is 19.7.